The summed E-state index contributed by atoms with van der Waals surface area (Å²) in [6.45, 7) is 3.49. The monoisotopic (exact) mass is 503 g/mol. The molecule has 8 nitrogen and oxygen atoms in total. The van der Waals surface area contributed by atoms with Crippen molar-refractivity contribution in [3.63, 3.8) is 0 Å². The first-order chi connectivity index (χ1) is 18.1. The van der Waals surface area contributed by atoms with E-state index in [0.717, 1.165) is 74.2 Å². The third-order valence-corrected chi connectivity index (χ3v) is 7.93. The summed E-state index contributed by atoms with van der Waals surface area (Å²) in [6, 6.07) is 17.3. The Labute approximate surface area is 216 Å². The third-order valence-electron chi connectivity index (χ3n) is 7.93. The first-order valence-electron chi connectivity index (χ1n) is 13.4. The molecule has 0 saturated carbocycles. The number of carbonyl (C=O) groups is 1. The van der Waals surface area contributed by atoms with Crippen molar-refractivity contribution in [1.82, 2.24) is 36.1 Å². The number of benzene rings is 1. The summed E-state index contributed by atoms with van der Waals surface area (Å²) in [4.78, 5) is 24.9. The van der Waals surface area contributed by atoms with Gasteiger partial charge in [0.25, 0.3) is 0 Å². The van der Waals surface area contributed by atoms with Gasteiger partial charge in [-0.3, -0.25) is 25.3 Å². The van der Waals surface area contributed by atoms with Gasteiger partial charge in [0, 0.05) is 42.7 Å². The highest BCUT2D eigenvalue weighted by Gasteiger charge is 2.41. The fourth-order valence-corrected chi connectivity index (χ4v) is 5.94. The Balaban J connectivity index is 1.20. The van der Waals surface area contributed by atoms with Crippen LogP contribution >= 0.6 is 0 Å². The molecule has 6 rings (SSSR count). The number of pyridine rings is 2. The maximum absolute atomic E-state index is 13.6. The number of nitrogens with zero attached hydrogens (tertiary/aromatic N) is 3. The fourth-order valence-electron chi connectivity index (χ4n) is 5.94. The van der Waals surface area contributed by atoms with Gasteiger partial charge in [0.1, 0.15) is 12.2 Å². The fraction of sp³-hybridized carbons (Fsp3) is 0.464. The van der Waals surface area contributed by atoms with Crippen molar-refractivity contribution < 1.29 is 9.18 Å². The number of hydrogen-bond acceptors (Lipinski definition) is 7. The third kappa shape index (κ3) is 5.36. The molecular weight excluding hydrogens is 469 g/mol. The number of nitrogens with one attached hydrogen (secondary N) is 4. The molecule has 3 aliphatic heterocycles. The van der Waals surface area contributed by atoms with Gasteiger partial charge in [-0.05, 0) is 56.5 Å². The van der Waals surface area contributed by atoms with Gasteiger partial charge in [-0.1, -0.05) is 30.3 Å². The zero-order valence-electron chi connectivity index (χ0n) is 20.9. The van der Waals surface area contributed by atoms with Crippen LogP contribution in [-0.2, 0) is 4.79 Å². The Morgan fingerprint density at radius 3 is 2.62 bits per heavy atom. The zero-order valence-corrected chi connectivity index (χ0v) is 20.9. The molecule has 9 heteroatoms. The molecule has 0 spiro atoms. The summed E-state index contributed by atoms with van der Waals surface area (Å²) < 4.78 is 13.6. The SMILES string of the molecule is O=C1NC(N2CCC(c3cccc(F)n3)CC2)NC(N[C@@H]2CCCNC2)C1c1ccc2ccccc2n1. The Bertz CT molecular complexity index is 1240. The number of likely N-dealkylation sites (tertiary alicyclic amines) is 1. The second kappa shape index (κ2) is 10.8. The van der Waals surface area contributed by atoms with E-state index in [1.54, 1.807) is 6.07 Å². The Kier molecular flexibility index (Phi) is 7.10. The van der Waals surface area contributed by atoms with Crippen molar-refractivity contribution >= 4 is 16.8 Å². The highest BCUT2D eigenvalue weighted by atomic mass is 19.1. The van der Waals surface area contributed by atoms with Gasteiger partial charge in [-0.25, -0.2) is 4.98 Å². The molecule has 1 aromatic carbocycles. The number of hydrogen-bond donors (Lipinski definition) is 4. The minimum absolute atomic E-state index is 0.0262. The van der Waals surface area contributed by atoms with Gasteiger partial charge < -0.3 is 10.6 Å². The highest BCUT2D eigenvalue weighted by Crippen LogP contribution is 2.29. The molecule has 0 bridgehead atoms. The zero-order chi connectivity index (χ0) is 25.2. The predicted molar refractivity (Wildman–Crippen MR) is 140 cm³/mol. The van der Waals surface area contributed by atoms with Crippen LogP contribution in [0.5, 0.6) is 0 Å². The molecule has 194 valence electrons. The number of halogens is 1. The maximum atomic E-state index is 13.6. The topological polar surface area (TPSA) is 94.2 Å². The van der Waals surface area contributed by atoms with Gasteiger partial charge in [-0.2, -0.15) is 4.39 Å². The lowest BCUT2D eigenvalue weighted by atomic mass is 9.92. The van der Waals surface area contributed by atoms with Crippen molar-refractivity contribution in [2.75, 3.05) is 26.2 Å². The molecule has 0 aliphatic carbocycles. The molecule has 3 fully saturated rings. The number of amides is 1. The van der Waals surface area contributed by atoms with Gasteiger partial charge in [0.05, 0.1) is 17.4 Å². The molecule has 0 radical (unpaired) electrons. The molecule has 3 saturated heterocycles. The van der Waals surface area contributed by atoms with E-state index < -0.39 is 11.9 Å². The van der Waals surface area contributed by atoms with Crippen molar-refractivity contribution in [3.8, 4) is 0 Å². The lowest BCUT2D eigenvalue weighted by molar-refractivity contribution is -0.130. The van der Waals surface area contributed by atoms with E-state index in [2.05, 4.69) is 31.2 Å². The molecular formula is C28H34FN7O. The Morgan fingerprint density at radius 2 is 1.81 bits per heavy atom. The molecule has 4 N–H and O–H groups in total. The number of rotatable bonds is 5. The van der Waals surface area contributed by atoms with E-state index in [1.165, 1.54) is 6.07 Å². The maximum Gasteiger partial charge on any atom is 0.234 e. The standard InChI is InChI=1S/C28H34FN7O/c29-24-9-3-8-22(33-24)19-12-15-36(16-13-19)28-34-26(31-20-6-4-14-30-17-20)25(27(37)35-28)23-11-10-18-5-1-2-7-21(18)32-23/h1-3,5,7-11,19-20,25-26,28,30-31,34H,4,6,12-17H2,(H,35,37)/t20-,25?,26?,28?/m1/s1. The van der Waals surface area contributed by atoms with E-state index in [4.69, 9.17) is 4.98 Å². The first-order valence-corrected chi connectivity index (χ1v) is 13.4. The molecule has 4 atom stereocenters. The van der Waals surface area contributed by atoms with Crippen LogP contribution in [0.15, 0.2) is 54.6 Å². The van der Waals surface area contributed by atoms with E-state index in [9.17, 15) is 9.18 Å². The van der Waals surface area contributed by atoms with E-state index >= 15 is 0 Å². The van der Waals surface area contributed by atoms with Crippen LogP contribution in [0.25, 0.3) is 10.9 Å². The summed E-state index contributed by atoms with van der Waals surface area (Å²) in [6.07, 6.45) is 3.39. The average Bonchev–Trinajstić information content (AvgIpc) is 2.93. The first kappa shape index (κ1) is 24.4. The summed E-state index contributed by atoms with van der Waals surface area (Å²) in [7, 11) is 0. The van der Waals surface area contributed by atoms with Crippen LogP contribution in [0.2, 0.25) is 0 Å². The molecule has 3 unspecified atom stereocenters. The quantitative estimate of drug-likeness (QED) is 0.397. The summed E-state index contributed by atoms with van der Waals surface area (Å²) in [5.74, 6) is -0.679. The van der Waals surface area contributed by atoms with E-state index in [1.807, 2.05) is 42.5 Å². The molecule has 5 heterocycles. The summed E-state index contributed by atoms with van der Waals surface area (Å²) >= 11 is 0. The highest BCUT2D eigenvalue weighted by molar-refractivity contribution is 5.86. The van der Waals surface area contributed by atoms with Gasteiger partial charge >= 0.3 is 0 Å². The number of piperidine rings is 2. The van der Waals surface area contributed by atoms with Crippen LogP contribution in [0.4, 0.5) is 4.39 Å². The summed E-state index contributed by atoms with van der Waals surface area (Å²) in [5, 5.41) is 15.2. The van der Waals surface area contributed by atoms with Crippen LogP contribution < -0.4 is 21.3 Å². The average molecular weight is 504 g/mol. The van der Waals surface area contributed by atoms with Crippen LogP contribution in [0, 0.1) is 5.95 Å². The molecule has 37 heavy (non-hydrogen) atoms. The number of fused-ring (bicyclic) bond motifs is 1. The minimum Gasteiger partial charge on any atom is -0.327 e. The van der Waals surface area contributed by atoms with Crippen molar-refractivity contribution in [1.29, 1.82) is 0 Å². The number of aromatic nitrogens is 2. The lowest BCUT2D eigenvalue weighted by Crippen LogP contribution is -2.71. The molecule has 2 aromatic heterocycles. The summed E-state index contributed by atoms with van der Waals surface area (Å²) in [5.41, 5.74) is 2.47. The minimum atomic E-state index is -0.447. The van der Waals surface area contributed by atoms with Crippen molar-refractivity contribution in [2.24, 2.45) is 0 Å². The lowest BCUT2D eigenvalue weighted by Gasteiger charge is -2.45. The second-order valence-electron chi connectivity index (χ2n) is 10.4. The van der Waals surface area contributed by atoms with Crippen LogP contribution in [0.3, 0.4) is 0 Å². The smallest absolute Gasteiger partial charge is 0.234 e. The van der Waals surface area contributed by atoms with Crippen LogP contribution in [-0.4, -0.2) is 65.5 Å². The number of carbonyl (C=O) groups excluding carboxylic acids is 1. The van der Waals surface area contributed by atoms with Crippen molar-refractivity contribution in [2.45, 2.75) is 56.0 Å². The predicted octanol–water partition coefficient (Wildman–Crippen LogP) is 2.40. The second-order valence-corrected chi connectivity index (χ2v) is 10.4. The van der Waals surface area contributed by atoms with Gasteiger partial charge in [0.15, 0.2) is 0 Å². The molecule has 3 aliphatic rings. The number of para-hydroxylation sites is 1. The normalized spacial score (nSPS) is 27.8. The largest absolute Gasteiger partial charge is 0.327 e. The molecule has 1 amide bonds. The Hall–Kier alpha value is -2.98. The molecule has 3 aromatic rings. The van der Waals surface area contributed by atoms with Crippen molar-refractivity contribution in [3.05, 3.63) is 71.9 Å². The Morgan fingerprint density at radius 1 is 0.946 bits per heavy atom. The van der Waals surface area contributed by atoms with E-state index in [-0.39, 0.29) is 30.3 Å². The van der Waals surface area contributed by atoms with Crippen LogP contribution in [0.1, 0.15) is 48.9 Å². The van der Waals surface area contributed by atoms with E-state index in [0.29, 0.717) is 0 Å². The van der Waals surface area contributed by atoms with Gasteiger partial charge in [0.2, 0.25) is 11.9 Å². The van der Waals surface area contributed by atoms with Gasteiger partial charge in [-0.15, -0.1) is 0 Å².